The fourth-order valence-corrected chi connectivity index (χ4v) is 2.80. The molecule has 0 N–H and O–H groups in total. The number of aromatic nitrogens is 3. The summed E-state index contributed by atoms with van der Waals surface area (Å²) >= 11 is 0. The highest BCUT2D eigenvalue weighted by Gasteiger charge is 2.07. The van der Waals surface area contributed by atoms with Gasteiger partial charge in [-0.1, -0.05) is 72.8 Å². The number of benzene rings is 2. The lowest BCUT2D eigenvalue weighted by Gasteiger charge is -2.08. The minimum atomic E-state index is 0.697. The van der Waals surface area contributed by atoms with Crippen molar-refractivity contribution in [3.05, 3.63) is 84.7 Å². The van der Waals surface area contributed by atoms with Crippen molar-refractivity contribution in [3.63, 3.8) is 0 Å². The van der Waals surface area contributed by atoms with Crippen LogP contribution in [0.3, 0.4) is 0 Å². The SMILES string of the molecule is C1=CC(c2ccc(-c3ncnc(-c4ccccc4)n3)cc2)=CCC1. The standard InChI is InChI=1S/C21H17N3/c1-3-7-16(8-4-1)17-11-13-19(14-12-17)21-23-15-22-20(24-21)18-9-5-2-6-10-18/h2-3,5-15H,1,4H2. The maximum absolute atomic E-state index is 4.60. The Labute approximate surface area is 141 Å². The molecule has 3 aromatic rings. The molecule has 0 amide bonds. The fraction of sp³-hybridized carbons (Fsp3) is 0.0952. The van der Waals surface area contributed by atoms with Crippen LogP contribution < -0.4 is 0 Å². The van der Waals surface area contributed by atoms with E-state index in [0.29, 0.717) is 11.6 Å². The molecule has 24 heavy (non-hydrogen) atoms. The normalized spacial score (nSPS) is 13.6. The van der Waals surface area contributed by atoms with Gasteiger partial charge in [0.1, 0.15) is 6.33 Å². The van der Waals surface area contributed by atoms with Crippen LogP contribution >= 0.6 is 0 Å². The molecule has 1 heterocycles. The lowest BCUT2D eigenvalue weighted by atomic mass is 9.98. The first-order chi connectivity index (χ1) is 11.9. The molecule has 3 heteroatoms. The summed E-state index contributed by atoms with van der Waals surface area (Å²) < 4.78 is 0. The van der Waals surface area contributed by atoms with E-state index in [1.54, 1.807) is 6.33 Å². The Balaban J connectivity index is 1.64. The van der Waals surface area contributed by atoms with Crippen LogP contribution in [0.25, 0.3) is 28.3 Å². The quantitative estimate of drug-likeness (QED) is 0.687. The third-order valence-electron chi connectivity index (χ3n) is 4.08. The van der Waals surface area contributed by atoms with Gasteiger partial charge in [-0.15, -0.1) is 0 Å². The smallest absolute Gasteiger partial charge is 0.163 e. The van der Waals surface area contributed by atoms with E-state index in [0.717, 1.165) is 24.0 Å². The topological polar surface area (TPSA) is 38.7 Å². The molecule has 0 saturated heterocycles. The van der Waals surface area contributed by atoms with Gasteiger partial charge in [0.25, 0.3) is 0 Å². The Morgan fingerprint density at radius 2 is 1.33 bits per heavy atom. The lowest BCUT2D eigenvalue weighted by Crippen LogP contribution is -1.95. The molecule has 0 atom stereocenters. The zero-order valence-corrected chi connectivity index (χ0v) is 13.3. The molecule has 0 fully saturated rings. The number of allylic oxidation sites excluding steroid dienone is 4. The van der Waals surface area contributed by atoms with Crippen molar-refractivity contribution < 1.29 is 0 Å². The second-order valence-corrected chi connectivity index (χ2v) is 5.72. The molecule has 4 rings (SSSR count). The van der Waals surface area contributed by atoms with E-state index < -0.39 is 0 Å². The van der Waals surface area contributed by atoms with E-state index >= 15 is 0 Å². The van der Waals surface area contributed by atoms with E-state index in [1.807, 2.05) is 30.3 Å². The van der Waals surface area contributed by atoms with Gasteiger partial charge in [0.15, 0.2) is 11.6 Å². The van der Waals surface area contributed by atoms with Crippen LogP contribution in [0, 0.1) is 0 Å². The predicted octanol–water partition coefficient (Wildman–Crippen LogP) is 4.94. The van der Waals surface area contributed by atoms with Crippen LogP contribution in [-0.2, 0) is 0 Å². The van der Waals surface area contributed by atoms with Gasteiger partial charge in [-0.2, -0.15) is 0 Å². The minimum absolute atomic E-state index is 0.697. The third-order valence-corrected chi connectivity index (χ3v) is 4.08. The van der Waals surface area contributed by atoms with Gasteiger partial charge in [-0.3, -0.25) is 0 Å². The van der Waals surface area contributed by atoms with E-state index in [1.165, 1.54) is 11.1 Å². The summed E-state index contributed by atoms with van der Waals surface area (Å²) in [5.74, 6) is 1.39. The van der Waals surface area contributed by atoms with Crippen molar-refractivity contribution in [3.8, 4) is 22.8 Å². The van der Waals surface area contributed by atoms with Gasteiger partial charge in [0.2, 0.25) is 0 Å². The lowest BCUT2D eigenvalue weighted by molar-refractivity contribution is 1.04. The van der Waals surface area contributed by atoms with Gasteiger partial charge >= 0.3 is 0 Å². The largest absolute Gasteiger partial charge is 0.217 e. The first-order valence-corrected chi connectivity index (χ1v) is 8.12. The Kier molecular flexibility index (Phi) is 3.98. The van der Waals surface area contributed by atoms with Crippen molar-refractivity contribution >= 4 is 5.57 Å². The molecule has 0 saturated carbocycles. The second-order valence-electron chi connectivity index (χ2n) is 5.72. The third kappa shape index (κ3) is 3.01. The minimum Gasteiger partial charge on any atom is -0.217 e. The second kappa shape index (κ2) is 6.59. The van der Waals surface area contributed by atoms with Gasteiger partial charge in [-0.05, 0) is 24.0 Å². The molecule has 0 aliphatic heterocycles. The Morgan fingerprint density at radius 1 is 0.667 bits per heavy atom. The van der Waals surface area contributed by atoms with Gasteiger partial charge in [0.05, 0.1) is 0 Å². The molecule has 3 nitrogen and oxygen atoms in total. The molecule has 0 bridgehead atoms. The molecule has 0 radical (unpaired) electrons. The Bertz CT molecular complexity index is 894. The van der Waals surface area contributed by atoms with E-state index in [-0.39, 0.29) is 0 Å². The summed E-state index contributed by atoms with van der Waals surface area (Å²) in [5, 5.41) is 0. The zero-order valence-electron chi connectivity index (χ0n) is 13.3. The highest BCUT2D eigenvalue weighted by molar-refractivity contribution is 5.76. The van der Waals surface area contributed by atoms with Crippen LogP contribution in [0.1, 0.15) is 18.4 Å². The van der Waals surface area contributed by atoms with Crippen molar-refractivity contribution in [1.82, 2.24) is 15.0 Å². The Hall–Kier alpha value is -3.07. The summed E-state index contributed by atoms with van der Waals surface area (Å²) in [6, 6.07) is 18.4. The Morgan fingerprint density at radius 3 is 2.00 bits per heavy atom. The zero-order chi connectivity index (χ0) is 16.2. The van der Waals surface area contributed by atoms with E-state index in [4.69, 9.17) is 0 Å². The van der Waals surface area contributed by atoms with Crippen molar-refractivity contribution in [1.29, 1.82) is 0 Å². The monoisotopic (exact) mass is 311 g/mol. The average Bonchev–Trinajstić information content (AvgIpc) is 2.70. The molecule has 0 unspecified atom stereocenters. The van der Waals surface area contributed by atoms with Crippen LogP contribution in [0.2, 0.25) is 0 Å². The number of rotatable bonds is 3. The van der Waals surface area contributed by atoms with E-state index in [2.05, 4.69) is 57.4 Å². The summed E-state index contributed by atoms with van der Waals surface area (Å²) in [7, 11) is 0. The van der Waals surface area contributed by atoms with Gasteiger partial charge in [-0.25, -0.2) is 15.0 Å². The summed E-state index contributed by atoms with van der Waals surface area (Å²) in [6.07, 6.45) is 10.5. The summed E-state index contributed by atoms with van der Waals surface area (Å²) in [4.78, 5) is 13.2. The van der Waals surface area contributed by atoms with Crippen LogP contribution in [0.4, 0.5) is 0 Å². The number of hydrogen-bond acceptors (Lipinski definition) is 3. The number of nitrogens with zero attached hydrogens (tertiary/aromatic N) is 3. The molecule has 2 aromatic carbocycles. The molecule has 1 aliphatic carbocycles. The molecular formula is C21H17N3. The molecule has 116 valence electrons. The summed E-state index contributed by atoms with van der Waals surface area (Å²) in [6.45, 7) is 0. The molecule has 1 aliphatic rings. The first kappa shape index (κ1) is 14.5. The maximum atomic E-state index is 4.60. The molecule has 0 spiro atoms. The van der Waals surface area contributed by atoms with Crippen molar-refractivity contribution in [2.75, 3.05) is 0 Å². The summed E-state index contributed by atoms with van der Waals surface area (Å²) in [5.41, 5.74) is 4.51. The fourth-order valence-electron chi connectivity index (χ4n) is 2.80. The van der Waals surface area contributed by atoms with Gasteiger partial charge in [0, 0.05) is 11.1 Å². The highest BCUT2D eigenvalue weighted by atomic mass is 15.0. The maximum Gasteiger partial charge on any atom is 0.163 e. The van der Waals surface area contributed by atoms with Gasteiger partial charge < -0.3 is 0 Å². The predicted molar refractivity (Wildman–Crippen MR) is 97.1 cm³/mol. The molecular weight excluding hydrogens is 294 g/mol. The van der Waals surface area contributed by atoms with Crippen LogP contribution in [-0.4, -0.2) is 15.0 Å². The first-order valence-electron chi connectivity index (χ1n) is 8.12. The van der Waals surface area contributed by atoms with Crippen molar-refractivity contribution in [2.24, 2.45) is 0 Å². The number of hydrogen-bond donors (Lipinski definition) is 0. The highest BCUT2D eigenvalue weighted by Crippen LogP contribution is 2.24. The average molecular weight is 311 g/mol. The molecule has 1 aromatic heterocycles. The van der Waals surface area contributed by atoms with Crippen molar-refractivity contribution in [2.45, 2.75) is 12.8 Å². The van der Waals surface area contributed by atoms with Crippen LogP contribution in [0.5, 0.6) is 0 Å². The van der Waals surface area contributed by atoms with Crippen LogP contribution in [0.15, 0.2) is 79.2 Å². The van der Waals surface area contributed by atoms with E-state index in [9.17, 15) is 0 Å².